The molecule has 1 fully saturated rings. The number of aryl methyl sites for hydroxylation is 1. The Morgan fingerprint density at radius 3 is 2.79 bits per heavy atom. The third-order valence-corrected chi connectivity index (χ3v) is 5.55. The molecule has 1 N–H and O–H groups in total. The van der Waals surface area contributed by atoms with E-state index in [0.717, 1.165) is 16.6 Å². The van der Waals surface area contributed by atoms with Gasteiger partial charge in [0.2, 0.25) is 11.8 Å². The van der Waals surface area contributed by atoms with Crippen LogP contribution in [0.5, 0.6) is 0 Å². The van der Waals surface area contributed by atoms with Crippen LogP contribution in [0, 0.1) is 12.7 Å². The molecule has 1 atom stereocenters. The molecule has 0 radical (unpaired) electrons. The molecule has 2 amide bonds. The Balaban J connectivity index is 1.40. The van der Waals surface area contributed by atoms with Gasteiger partial charge in [0.05, 0.1) is 16.2 Å². The summed E-state index contributed by atoms with van der Waals surface area (Å²) in [4.78, 5) is 26.8. The molecule has 4 rings (SSSR count). The fraction of sp³-hybridized carbons (Fsp3) is 0.286. The normalized spacial score (nSPS) is 16.0. The first-order valence-electron chi connectivity index (χ1n) is 9.38. The number of rotatable bonds is 5. The fourth-order valence-electron chi connectivity index (χ4n) is 3.58. The van der Waals surface area contributed by atoms with Gasteiger partial charge in [0.1, 0.15) is 18.4 Å². The predicted octanol–water partition coefficient (Wildman–Crippen LogP) is 3.05. The summed E-state index contributed by atoms with van der Waals surface area (Å²) in [5.74, 6) is -1.01. The van der Waals surface area contributed by atoms with Crippen molar-refractivity contribution in [2.75, 3.05) is 6.54 Å². The third kappa shape index (κ3) is 3.70. The largest absolute Gasteiger partial charge is 0.350 e. The summed E-state index contributed by atoms with van der Waals surface area (Å²) in [6.07, 6.45) is 0.578. The number of hydrogen-bond donors (Lipinski definition) is 1. The van der Waals surface area contributed by atoms with E-state index in [4.69, 9.17) is 11.6 Å². The summed E-state index contributed by atoms with van der Waals surface area (Å²) in [6, 6.07) is 11.8. The van der Waals surface area contributed by atoms with E-state index in [1.165, 1.54) is 11.0 Å². The van der Waals surface area contributed by atoms with E-state index < -0.39 is 11.9 Å². The van der Waals surface area contributed by atoms with E-state index in [-0.39, 0.29) is 29.9 Å². The number of benzene rings is 2. The van der Waals surface area contributed by atoms with Crippen LogP contribution in [0.15, 0.2) is 42.5 Å². The number of amides is 2. The summed E-state index contributed by atoms with van der Waals surface area (Å²) in [5.41, 5.74) is 2.05. The van der Waals surface area contributed by atoms with Crippen LogP contribution < -0.4 is 5.32 Å². The smallest absolute Gasteiger partial charge is 0.245 e. The van der Waals surface area contributed by atoms with Crippen LogP contribution in [0.4, 0.5) is 4.39 Å². The maximum atomic E-state index is 14.0. The van der Waals surface area contributed by atoms with Crippen LogP contribution in [-0.4, -0.2) is 39.1 Å². The molecular formula is C21H20ClFN4O2. The van der Waals surface area contributed by atoms with Gasteiger partial charge in [-0.25, -0.2) is 4.39 Å². The number of likely N-dealkylation sites (tertiary alicyclic amines) is 1. The van der Waals surface area contributed by atoms with Crippen molar-refractivity contribution < 1.29 is 14.0 Å². The lowest BCUT2D eigenvalue weighted by molar-refractivity contribution is -0.148. The van der Waals surface area contributed by atoms with Crippen molar-refractivity contribution in [3.63, 3.8) is 0 Å². The van der Waals surface area contributed by atoms with Crippen LogP contribution in [0.25, 0.3) is 10.9 Å². The Kier molecular flexibility index (Phi) is 5.24. The van der Waals surface area contributed by atoms with E-state index in [1.54, 1.807) is 16.8 Å². The predicted molar refractivity (Wildman–Crippen MR) is 108 cm³/mol. The molecule has 6 nitrogen and oxygen atoms in total. The minimum Gasteiger partial charge on any atom is -0.350 e. The number of nitrogens with zero attached hydrogens (tertiary/aromatic N) is 3. The van der Waals surface area contributed by atoms with Crippen molar-refractivity contribution in [3.8, 4) is 0 Å². The van der Waals surface area contributed by atoms with Gasteiger partial charge in [-0.15, -0.1) is 0 Å². The molecular weight excluding hydrogens is 395 g/mol. The maximum absolute atomic E-state index is 14.0. The average Bonchev–Trinajstić information content (AvgIpc) is 2.98. The zero-order valence-corrected chi connectivity index (χ0v) is 16.6. The monoisotopic (exact) mass is 414 g/mol. The second kappa shape index (κ2) is 7.83. The van der Waals surface area contributed by atoms with Gasteiger partial charge < -0.3 is 10.2 Å². The zero-order valence-electron chi connectivity index (χ0n) is 15.9. The van der Waals surface area contributed by atoms with E-state index in [1.807, 2.05) is 31.2 Å². The van der Waals surface area contributed by atoms with Crippen molar-refractivity contribution in [2.45, 2.75) is 32.5 Å². The molecule has 0 aliphatic carbocycles. The Hall–Kier alpha value is -2.93. The molecule has 1 aliphatic rings. The highest BCUT2D eigenvalue weighted by atomic mass is 35.5. The van der Waals surface area contributed by atoms with Gasteiger partial charge in [0.15, 0.2) is 0 Å². The standard InChI is InChI=1S/C21H20ClFN4O2/c1-13-15-6-2-3-8-17(15)27(25-13)12-19(28)26-10-9-18(26)21(29)24-11-14-5-4-7-16(22)20(14)23/h2-8,18H,9-12H2,1H3,(H,24,29). The first-order valence-corrected chi connectivity index (χ1v) is 9.75. The second-order valence-corrected chi connectivity index (χ2v) is 7.49. The lowest BCUT2D eigenvalue weighted by atomic mass is 10.0. The first-order chi connectivity index (χ1) is 14.0. The number of para-hydroxylation sites is 1. The highest BCUT2D eigenvalue weighted by Crippen LogP contribution is 2.22. The molecule has 1 saturated heterocycles. The maximum Gasteiger partial charge on any atom is 0.245 e. The lowest BCUT2D eigenvalue weighted by Crippen LogP contribution is -2.58. The van der Waals surface area contributed by atoms with E-state index in [2.05, 4.69) is 10.4 Å². The van der Waals surface area contributed by atoms with Crippen LogP contribution >= 0.6 is 11.6 Å². The molecule has 3 aromatic rings. The Labute approximate surface area is 172 Å². The SMILES string of the molecule is Cc1nn(CC(=O)N2CCC2C(=O)NCc2cccc(Cl)c2F)c2ccccc12. The minimum atomic E-state index is -0.548. The molecule has 150 valence electrons. The number of halogens is 2. The average molecular weight is 415 g/mol. The van der Waals surface area contributed by atoms with Crippen LogP contribution in [-0.2, 0) is 22.7 Å². The third-order valence-electron chi connectivity index (χ3n) is 5.25. The van der Waals surface area contributed by atoms with Gasteiger partial charge in [-0.3, -0.25) is 14.3 Å². The molecule has 1 unspecified atom stereocenters. The molecule has 1 aromatic heterocycles. The van der Waals surface area contributed by atoms with Gasteiger partial charge in [-0.2, -0.15) is 5.10 Å². The molecule has 2 aromatic carbocycles. The number of carbonyl (C=O) groups excluding carboxylic acids is 2. The zero-order chi connectivity index (χ0) is 20.5. The molecule has 2 heterocycles. The number of fused-ring (bicyclic) bond motifs is 1. The first kappa shape index (κ1) is 19.4. The van der Waals surface area contributed by atoms with Crippen LogP contribution in [0.3, 0.4) is 0 Å². The van der Waals surface area contributed by atoms with Crippen molar-refractivity contribution in [1.29, 1.82) is 0 Å². The summed E-state index contributed by atoms with van der Waals surface area (Å²) in [5, 5.41) is 8.16. The highest BCUT2D eigenvalue weighted by molar-refractivity contribution is 6.30. The van der Waals surface area contributed by atoms with Crippen molar-refractivity contribution in [1.82, 2.24) is 20.0 Å². The number of hydrogen-bond acceptors (Lipinski definition) is 3. The van der Waals surface area contributed by atoms with Crippen molar-refractivity contribution in [3.05, 3.63) is 64.6 Å². The van der Waals surface area contributed by atoms with E-state index in [9.17, 15) is 14.0 Å². The summed E-state index contributed by atoms with van der Waals surface area (Å²) in [7, 11) is 0. The van der Waals surface area contributed by atoms with Crippen molar-refractivity contribution in [2.24, 2.45) is 0 Å². The van der Waals surface area contributed by atoms with Crippen molar-refractivity contribution >= 4 is 34.3 Å². The molecule has 0 saturated carbocycles. The molecule has 29 heavy (non-hydrogen) atoms. The number of aromatic nitrogens is 2. The van der Waals surface area contributed by atoms with Crippen LogP contribution in [0.2, 0.25) is 5.02 Å². The molecule has 1 aliphatic heterocycles. The Bertz CT molecular complexity index is 1100. The topological polar surface area (TPSA) is 67.2 Å². The lowest BCUT2D eigenvalue weighted by Gasteiger charge is -2.39. The summed E-state index contributed by atoms with van der Waals surface area (Å²) in [6.45, 7) is 2.51. The highest BCUT2D eigenvalue weighted by Gasteiger charge is 2.37. The van der Waals surface area contributed by atoms with E-state index in [0.29, 0.717) is 18.5 Å². The van der Waals surface area contributed by atoms with Gasteiger partial charge in [-0.1, -0.05) is 41.9 Å². The summed E-state index contributed by atoms with van der Waals surface area (Å²) < 4.78 is 15.6. The van der Waals surface area contributed by atoms with Gasteiger partial charge in [0, 0.05) is 24.0 Å². The van der Waals surface area contributed by atoms with Gasteiger partial charge in [-0.05, 0) is 25.5 Å². The van der Waals surface area contributed by atoms with Gasteiger partial charge in [0.25, 0.3) is 0 Å². The minimum absolute atomic E-state index is 0.0129. The molecule has 8 heteroatoms. The summed E-state index contributed by atoms with van der Waals surface area (Å²) >= 11 is 5.77. The fourth-order valence-corrected chi connectivity index (χ4v) is 3.77. The Morgan fingerprint density at radius 2 is 2.03 bits per heavy atom. The number of nitrogens with one attached hydrogen (secondary N) is 1. The van der Waals surface area contributed by atoms with Gasteiger partial charge >= 0.3 is 0 Å². The molecule has 0 spiro atoms. The quantitative estimate of drug-likeness (QED) is 0.697. The second-order valence-electron chi connectivity index (χ2n) is 7.08. The molecule has 0 bridgehead atoms. The van der Waals surface area contributed by atoms with E-state index >= 15 is 0 Å². The Morgan fingerprint density at radius 1 is 1.24 bits per heavy atom. The number of carbonyl (C=O) groups is 2. The van der Waals surface area contributed by atoms with Crippen LogP contribution in [0.1, 0.15) is 17.7 Å².